The lowest BCUT2D eigenvalue weighted by atomic mass is 10.2. The molecule has 1 aromatic carbocycles. The second kappa shape index (κ2) is 10.7. The minimum atomic E-state index is -0.369. The van der Waals surface area contributed by atoms with E-state index in [1.54, 1.807) is 35.6 Å². The van der Waals surface area contributed by atoms with E-state index in [9.17, 15) is 9.59 Å². The summed E-state index contributed by atoms with van der Waals surface area (Å²) in [5.41, 5.74) is 1.79. The average Bonchev–Trinajstić information content (AvgIpc) is 3.45. The second-order valence-electron chi connectivity index (χ2n) is 7.39. The first-order valence-corrected chi connectivity index (χ1v) is 12.8. The van der Waals surface area contributed by atoms with Gasteiger partial charge in [0, 0.05) is 13.1 Å². The third kappa shape index (κ3) is 5.27. The summed E-state index contributed by atoms with van der Waals surface area (Å²) >= 11 is 9.20. The van der Waals surface area contributed by atoms with Crippen molar-refractivity contribution < 1.29 is 19.1 Å². The molecule has 0 saturated carbocycles. The van der Waals surface area contributed by atoms with Gasteiger partial charge in [-0.2, -0.15) is 11.3 Å². The van der Waals surface area contributed by atoms with Gasteiger partial charge in [-0.15, -0.1) is 0 Å². The molecule has 1 fully saturated rings. The number of ether oxygens (including phenoxy) is 2. The van der Waals surface area contributed by atoms with Crippen LogP contribution in [0.25, 0.3) is 6.08 Å². The Morgan fingerprint density at radius 3 is 2.79 bits per heavy atom. The zero-order valence-corrected chi connectivity index (χ0v) is 20.7. The molecule has 174 valence electrons. The molecule has 1 atom stereocenters. The van der Waals surface area contributed by atoms with Crippen molar-refractivity contribution in [3.8, 4) is 5.75 Å². The highest BCUT2D eigenvalue weighted by Crippen LogP contribution is 2.36. The van der Waals surface area contributed by atoms with Crippen LogP contribution in [0.5, 0.6) is 5.75 Å². The molecule has 33 heavy (non-hydrogen) atoms. The number of thiophene rings is 1. The second-order valence-corrected chi connectivity index (χ2v) is 9.75. The van der Waals surface area contributed by atoms with Gasteiger partial charge in [0.2, 0.25) is 5.91 Å². The minimum absolute atomic E-state index is 0.0314. The minimum Gasteiger partial charge on any atom is -0.495 e. The van der Waals surface area contributed by atoms with Crippen LogP contribution < -0.4 is 9.64 Å². The summed E-state index contributed by atoms with van der Waals surface area (Å²) in [6, 6.07) is 7.07. The van der Waals surface area contributed by atoms with Crippen LogP contribution in [0, 0.1) is 0 Å². The molecule has 3 heterocycles. The van der Waals surface area contributed by atoms with Crippen molar-refractivity contribution in [1.29, 1.82) is 0 Å². The van der Waals surface area contributed by atoms with Crippen LogP contribution in [0.3, 0.4) is 0 Å². The zero-order chi connectivity index (χ0) is 23.4. The molecule has 2 aromatic rings. The number of anilines is 1. The Bertz CT molecular complexity index is 1080. The summed E-state index contributed by atoms with van der Waals surface area (Å²) in [4.78, 5) is 34.5. The molecule has 2 aliphatic rings. The van der Waals surface area contributed by atoms with E-state index >= 15 is 0 Å². The Morgan fingerprint density at radius 1 is 1.36 bits per heavy atom. The number of methoxy groups -OCH3 is 1. The van der Waals surface area contributed by atoms with Crippen molar-refractivity contribution in [2.45, 2.75) is 18.6 Å². The Morgan fingerprint density at radius 2 is 2.15 bits per heavy atom. The Labute approximate surface area is 206 Å². The molecule has 0 aliphatic carbocycles. The van der Waals surface area contributed by atoms with Gasteiger partial charge in [-0.1, -0.05) is 30.3 Å². The van der Waals surface area contributed by atoms with E-state index in [2.05, 4.69) is 4.99 Å². The lowest BCUT2D eigenvalue weighted by Crippen LogP contribution is -2.45. The fraction of sp³-hybridized carbons (Fsp3) is 0.348. The smallest absolute Gasteiger partial charge is 0.283 e. The van der Waals surface area contributed by atoms with Crippen molar-refractivity contribution in [3.05, 3.63) is 51.3 Å². The highest BCUT2D eigenvalue weighted by atomic mass is 35.5. The van der Waals surface area contributed by atoms with E-state index < -0.39 is 0 Å². The molecule has 2 amide bonds. The van der Waals surface area contributed by atoms with Gasteiger partial charge in [0.15, 0.2) is 5.17 Å². The maximum Gasteiger partial charge on any atom is 0.283 e. The number of aliphatic imine (C=N–C) groups is 1. The lowest BCUT2D eigenvalue weighted by Gasteiger charge is -2.30. The highest BCUT2D eigenvalue weighted by Gasteiger charge is 2.36. The number of hydrogen-bond acceptors (Lipinski definition) is 7. The van der Waals surface area contributed by atoms with Crippen LogP contribution in [0.1, 0.15) is 18.9 Å². The number of hydrogen-bond donors (Lipinski definition) is 0. The summed E-state index contributed by atoms with van der Waals surface area (Å²) in [5, 5.41) is 4.37. The number of amidine groups is 1. The molecule has 0 N–H and O–H groups in total. The van der Waals surface area contributed by atoms with E-state index in [-0.39, 0.29) is 17.1 Å². The zero-order valence-electron chi connectivity index (χ0n) is 18.3. The Balaban J connectivity index is 1.66. The molecule has 1 saturated heterocycles. The highest BCUT2D eigenvalue weighted by molar-refractivity contribution is 8.15. The number of thioether (sulfide) groups is 1. The van der Waals surface area contributed by atoms with Gasteiger partial charge in [0.25, 0.3) is 5.91 Å². The maximum absolute atomic E-state index is 13.4. The number of amides is 2. The van der Waals surface area contributed by atoms with Crippen LogP contribution in [0.15, 0.2) is 45.7 Å². The number of carbonyl (C=O) groups excluding carboxylic acids is 2. The quantitative estimate of drug-likeness (QED) is 0.539. The monoisotopic (exact) mass is 505 g/mol. The fourth-order valence-electron chi connectivity index (χ4n) is 3.54. The van der Waals surface area contributed by atoms with E-state index in [1.165, 1.54) is 23.8 Å². The number of rotatable bonds is 6. The van der Waals surface area contributed by atoms with Crippen molar-refractivity contribution in [1.82, 2.24) is 4.90 Å². The van der Waals surface area contributed by atoms with Crippen molar-refractivity contribution in [2.75, 3.05) is 38.3 Å². The number of carbonyl (C=O) groups is 2. The number of nitrogens with zero attached hydrogens (tertiary/aromatic N) is 3. The van der Waals surface area contributed by atoms with Gasteiger partial charge in [0.05, 0.1) is 36.3 Å². The molecule has 0 unspecified atom stereocenters. The van der Waals surface area contributed by atoms with Gasteiger partial charge in [0.1, 0.15) is 11.4 Å². The molecular weight excluding hydrogens is 482 g/mol. The average molecular weight is 506 g/mol. The van der Waals surface area contributed by atoms with E-state index in [0.717, 1.165) is 5.56 Å². The first-order valence-electron chi connectivity index (χ1n) is 10.6. The molecular formula is C23H24ClN3O4S2. The number of halogens is 1. The van der Waals surface area contributed by atoms with Crippen molar-refractivity contribution >= 4 is 63.4 Å². The molecule has 0 spiro atoms. The van der Waals surface area contributed by atoms with Gasteiger partial charge >= 0.3 is 0 Å². The third-order valence-corrected chi connectivity index (χ3v) is 7.59. The van der Waals surface area contributed by atoms with Gasteiger partial charge in [-0.3, -0.25) is 14.5 Å². The Kier molecular flexibility index (Phi) is 7.75. The van der Waals surface area contributed by atoms with Crippen LogP contribution in [-0.4, -0.2) is 60.5 Å². The lowest BCUT2D eigenvalue weighted by molar-refractivity contribution is -0.134. The predicted octanol–water partition coefficient (Wildman–Crippen LogP) is 4.52. The van der Waals surface area contributed by atoms with Crippen molar-refractivity contribution in [2.24, 2.45) is 4.99 Å². The third-order valence-electron chi connectivity index (χ3n) is 5.29. The maximum atomic E-state index is 13.4. The normalized spacial score (nSPS) is 18.6. The van der Waals surface area contributed by atoms with E-state index in [0.29, 0.717) is 60.0 Å². The molecule has 1 aromatic heterocycles. The first-order chi connectivity index (χ1) is 16.0. The molecule has 0 bridgehead atoms. The molecule has 7 nitrogen and oxygen atoms in total. The first kappa shape index (κ1) is 23.8. The number of benzene rings is 1. The van der Waals surface area contributed by atoms with Gasteiger partial charge in [-0.05, 0) is 53.1 Å². The summed E-state index contributed by atoms with van der Waals surface area (Å²) in [5.74, 6) is 0.281. The molecule has 10 heteroatoms. The number of morpholine rings is 1. The van der Waals surface area contributed by atoms with Crippen LogP contribution in [-0.2, 0) is 14.3 Å². The van der Waals surface area contributed by atoms with E-state index in [4.69, 9.17) is 21.1 Å². The Hall–Kier alpha value is -2.33. The summed E-state index contributed by atoms with van der Waals surface area (Å²) in [6.07, 6.45) is 2.37. The molecule has 2 aliphatic heterocycles. The molecule has 4 rings (SSSR count). The predicted molar refractivity (Wildman–Crippen MR) is 134 cm³/mol. The van der Waals surface area contributed by atoms with Crippen molar-refractivity contribution in [3.63, 3.8) is 0 Å². The fourth-order valence-corrected chi connectivity index (χ4v) is 5.52. The topological polar surface area (TPSA) is 71.4 Å². The molecule has 0 radical (unpaired) electrons. The summed E-state index contributed by atoms with van der Waals surface area (Å²) < 4.78 is 10.6. The summed E-state index contributed by atoms with van der Waals surface area (Å²) in [6.45, 7) is 4.18. The van der Waals surface area contributed by atoms with Crippen LogP contribution in [0.2, 0.25) is 5.02 Å². The van der Waals surface area contributed by atoms with Crippen LogP contribution in [0.4, 0.5) is 5.69 Å². The largest absolute Gasteiger partial charge is 0.495 e. The van der Waals surface area contributed by atoms with Gasteiger partial charge < -0.3 is 14.4 Å². The standard InChI is InChI=1S/C23H24ClN3O4S2/c1-3-20(22(29)26-7-9-31-10-8-26)33-23-25-18(12-15-6-11-32-14-15)21(28)27(23)16-4-5-19(30-2)17(24)13-16/h4-6,11-14,20H,3,7-10H2,1-2H3/b18-12-/t20-/m1/s1. The summed E-state index contributed by atoms with van der Waals surface area (Å²) in [7, 11) is 1.54. The van der Waals surface area contributed by atoms with E-state index in [1.807, 2.05) is 28.7 Å². The van der Waals surface area contributed by atoms with Crippen LogP contribution >= 0.6 is 34.7 Å². The SMILES string of the molecule is CC[C@@H](SC1=N/C(=C\c2ccsc2)C(=O)N1c1ccc(OC)c(Cl)c1)C(=O)N1CCOCC1. The van der Waals surface area contributed by atoms with Gasteiger partial charge in [-0.25, -0.2) is 4.99 Å².